The Hall–Kier alpha value is -2.66. The van der Waals surface area contributed by atoms with E-state index in [1.165, 1.54) is 11.1 Å². The van der Waals surface area contributed by atoms with Crippen LogP contribution in [0.15, 0.2) is 48.5 Å². The third kappa shape index (κ3) is 4.09. The zero-order chi connectivity index (χ0) is 19.5. The molecular weight excluding hydrogens is 352 g/mol. The highest BCUT2D eigenvalue weighted by atomic mass is 16.5. The number of cyclic esters (lactones) is 1. The van der Waals surface area contributed by atoms with E-state index in [2.05, 4.69) is 36.1 Å². The monoisotopic (exact) mass is 378 g/mol. The Morgan fingerprint density at radius 1 is 1.04 bits per heavy atom. The van der Waals surface area contributed by atoms with Crippen LogP contribution in [0, 0.1) is 6.92 Å². The second-order valence-corrected chi connectivity index (χ2v) is 7.70. The zero-order valence-electron chi connectivity index (χ0n) is 16.3. The minimum absolute atomic E-state index is 0.0694. The van der Waals surface area contributed by atoms with Gasteiger partial charge in [-0.2, -0.15) is 0 Å². The Morgan fingerprint density at radius 3 is 2.64 bits per heavy atom. The van der Waals surface area contributed by atoms with Crippen LogP contribution >= 0.6 is 0 Å². The Balaban J connectivity index is 1.37. The molecular formula is C23H26N2O3. The Kier molecular flexibility index (Phi) is 5.44. The molecule has 1 saturated heterocycles. The summed E-state index contributed by atoms with van der Waals surface area (Å²) in [6.07, 6.45) is 0.685. The van der Waals surface area contributed by atoms with Crippen LogP contribution in [-0.2, 0) is 22.5 Å². The van der Waals surface area contributed by atoms with Crippen molar-refractivity contribution in [3.8, 4) is 0 Å². The van der Waals surface area contributed by atoms with E-state index in [-0.39, 0.29) is 5.91 Å². The van der Waals surface area contributed by atoms with E-state index in [0.717, 1.165) is 31.6 Å². The molecule has 0 radical (unpaired) electrons. The van der Waals surface area contributed by atoms with Gasteiger partial charge in [0.25, 0.3) is 5.91 Å². The molecule has 0 N–H and O–H groups in total. The first-order valence-corrected chi connectivity index (χ1v) is 9.96. The molecule has 0 saturated carbocycles. The van der Waals surface area contributed by atoms with Crippen molar-refractivity contribution in [1.29, 1.82) is 0 Å². The highest BCUT2D eigenvalue weighted by Crippen LogP contribution is 2.22. The Bertz CT molecular complexity index is 862. The predicted octanol–water partition coefficient (Wildman–Crippen LogP) is 2.81. The molecule has 2 aliphatic heterocycles. The number of fused-ring (bicyclic) bond motifs is 1. The van der Waals surface area contributed by atoms with Gasteiger partial charge in [-0.3, -0.25) is 9.69 Å². The number of ether oxygens (including phenoxy) is 1. The molecule has 1 unspecified atom stereocenters. The Labute approximate surface area is 165 Å². The summed E-state index contributed by atoms with van der Waals surface area (Å²) in [6.45, 7) is 6.16. The fourth-order valence-corrected chi connectivity index (χ4v) is 3.97. The molecule has 5 heteroatoms. The smallest absolute Gasteiger partial charge is 0.339 e. The highest BCUT2D eigenvalue weighted by molar-refractivity contribution is 5.95. The molecule has 0 aromatic heterocycles. The van der Waals surface area contributed by atoms with Gasteiger partial charge >= 0.3 is 5.97 Å². The quantitative estimate of drug-likeness (QED) is 0.771. The summed E-state index contributed by atoms with van der Waals surface area (Å²) in [4.78, 5) is 29.5. The highest BCUT2D eigenvalue weighted by Gasteiger charge is 2.34. The standard InChI is InChI=1S/C23H26N2O3/c1-17-7-9-18(10-8-17)16-24-11-4-12-25(14-13-24)22(26)21-15-19-5-2-3-6-20(19)23(27)28-21/h2-3,5-10,21H,4,11-16H2,1H3. The van der Waals surface area contributed by atoms with E-state index in [1.54, 1.807) is 6.07 Å². The molecule has 4 rings (SSSR count). The number of carbonyl (C=O) groups excluding carboxylic acids is 2. The van der Waals surface area contributed by atoms with Gasteiger partial charge in [0.2, 0.25) is 0 Å². The van der Waals surface area contributed by atoms with Gasteiger partial charge in [0.1, 0.15) is 0 Å². The lowest BCUT2D eigenvalue weighted by atomic mass is 9.98. The molecule has 28 heavy (non-hydrogen) atoms. The number of carbonyl (C=O) groups is 2. The van der Waals surface area contributed by atoms with Crippen LogP contribution < -0.4 is 0 Å². The summed E-state index contributed by atoms with van der Waals surface area (Å²) in [7, 11) is 0. The molecule has 2 aromatic carbocycles. The van der Waals surface area contributed by atoms with Crippen LogP contribution in [0.2, 0.25) is 0 Å². The van der Waals surface area contributed by atoms with E-state index in [1.807, 2.05) is 23.1 Å². The number of hydrogen-bond acceptors (Lipinski definition) is 4. The summed E-state index contributed by atoms with van der Waals surface area (Å²) in [5.74, 6) is -0.462. The van der Waals surface area contributed by atoms with Crippen molar-refractivity contribution in [1.82, 2.24) is 9.80 Å². The van der Waals surface area contributed by atoms with Crippen molar-refractivity contribution in [2.24, 2.45) is 0 Å². The molecule has 1 fully saturated rings. The minimum Gasteiger partial charge on any atom is -0.448 e. The number of hydrogen-bond donors (Lipinski definition) is 0. The first-order valence-electron chi connectivity index (χ1n) is 9.96. The molecule has 0 spiro atoms. The second-order valence-electron chi connectivity index (χ2n) is 7.70. The molecule has 146 valence electrons. The molecule has 1 atom stereocenters. The van der Waals surface area contributed by atoms with Crippen molar-refractivity contribution >= 4 is 11.9 Å². The summed E-state index contributed by atoms with van der Waals surface area (Å²) in [5, 5.41) is 0. The van der Waals surface area contributed by atoms with Crippen LogP contribution in [0.1, 0.15) is 33.5 Å². The van der Waals surface area contributed by atoms with Crippen molar-refractivity contribution in [2.75, 3.05) is 26.2 Å². The van der Waals surface area contributed by atoms with Gasteiger partial charge in [0.15, 0.2) is 6.10 Å². The van der Waals surface area contributed by atoms with Gasteiger partial charge in [-0.15, -0.1) is 0 Å². The van der Waals surface area contributed by atoms with Crippen molar-refractivity contribution < 1.29 is 14.3 Å². The lowest BCUT2D eigenvalue weighted by Gasteiger charge is -2.29. The first kappa shape index (κ1) is 18.7. The number of esters is 1. The van der Waals surface area contributed by atoms with Crippen LogP contribution in [0.4, 0.5) is 0 Å². The topological polar surface area (TPSA) is 49.9 Å². The van der Waals surface area contributed by atoms with Crippen molar-refractivity contribution in [3.05, 3.63) is 70.8 Å². The minimum atomic E-state index is -0.703. The lowest BCUT2D eigenvalue weighted by molar-refractivity contribution is -0.141. The van der Waals surface area contributed by atoms with E-state index in [9.17, 15) is 9.59 Å². The predicted molar refractivity (Wildman–Crippen MR) is 107 cm³/mol. The maximum Gasteiger partial charge on any atom is 0.339 e. The van der Waals surface area contributed by atoms with Gasteiger partial charge in [0, 0.05) is 39.1 Å². The fourth-order valence-electron chi connectivity index (χ4n) is 3.97. The number of aryl methyl sites for hydroxylation is 1. The molecule has 0 bridgehead atoms. The van der Waals surface area contributed by atoms with E-state index in [0.29, 0.717) is 25.1 Å². The van der Waals surface area contributed by atoms with Crippen LogP contribution in [0.5, 0.6) is 0 Å². The van der Waals surface area contributed by atoms with Gasteiger partial charge < -0.3 is 9.64 Å². The third-order valence-electron chi connectivity index (χ3n) is 5.59. The zero-order valence-corrected chi connectivity index (χ0v) is 16.3. The molecule has 0 aliphatic carbocycles. The number of amides is 1. The van der Waals surface area contributed by atoms with Gasteiger partial charge in [-0.05, 0) is 30.5 Å². The summed E-state index contributed by atoms with van der Waals surface area (Å²) < 4.78 is 5.46. The third-order valence-corrected chi connectivity index (χ3v) is 5.59. The summed E-state index contributed by atoms with van der Waals surface area (Å²) in [5.41, 5.74) is 4.03. The summed E-state index contributed by atoms with van der Waals surface area (Å²) in [6, 6.07) is 16.0. The van der Waals surface area contributed by atoms with Crippen LogP contribution in [-0.4, -0.2) is 54.0 Å². The van der Waals surface area contributed by atoms with Gasteiger partial charge in [-0.25, -0.2) is 4.79 Å². The first-order chi connectivity index (χ1) is 13.6. The Morgan fingerprint density at radius 2 is 1.82 bits per heavy atom. The van der Waals surface area contributed by atoms with Crippen molar-refractivity contribution in [2.45, 2.75) is 32.4 Å². The average molecular weight is 378 g/mol. The van der Waals surface area contributed by atoms with E-state index < -0.39 is 12.1 Å². The van der Waals surface area contributed by atoms with E-state index in [4.69, 9.17) is 4.74 Å². The fraction of sp³-hybridized carbons (Fsp3) is 0.391. The molecule has 2 heterocycles. The molecule has 5 nitrogen and oxygen atoms in total. The van der Waals surface area contributed by atoms with Crippen LogP contribution in [0.25, 0.3) is 0 Å². The average Bonchev–Trinajstić information content (AvgIpc) is 2.95. The van der Waals surface area contributed by atoms with E-state index >= 15 is 0 Å². The SMILES string of the molecule is Cc1ccc(CN2CCCN(C(=O)C3Cc4ccccc4C(=O)O3)CC2)cc1. The molecule has 1 amide bonds. The van der Waals surface area contributed by atoms with Crippen LogP contribution in [0.3, 0.4) is 0 Å². The summed E-state index contributed by atoms with van der Waals surface area (Å²) >= 11 is 0. The second kappa shape index (κ2) is 8.15. The molecule has 2 aromatic rings. The molecule has 2 aliphatic rings. The largest absolute Gasteiger partial charge is 0.448 e. The number of benzene rings is 2. The van der Waals surface area contributed by atoms with Crippen molar-refractivity contribution in [3.63, 3.8) is 0 Å². The maximum atomic E-state index is 13.0. The normalized spacial score (nSPS) is 20.2. The maximum absolute atomic E-state index is 13.0. The number of rotatable bonds is 3. The van der Waals surface area contributed by atoms with Gasteiger partial charge in [0.05, 0.1) is 5.56 Å². The van der Waals surface area contributed by atoms with Gasteiger partial charge in [-0.1, -0.05) is 48.0 Å². The number of nitrogens with zero attached hydrogens (tertiary/aromatic N) is 2. The lowest BCUT2D eigenvalue weighted by Crippen LogP contribution is -2.45.